The van der Waals surface area contributed by atoms with Crippen LogP contribution in [0.5, 0.6) is 11.5 Å². The molecule has 112 valence electrons. The smallest absolute Gasteiger partial charge is 0.132 e. The molecule has 0 aliphatic heterocycles. The number of hydrogen-bond acceptors (Lipinski definition) is 5. The van der Waals surface area contributed by atoms with Crippen molar-refractivity contribution in [2.75, 3.05) is 13.7 Å². The first-order valence-electron chi connectivity index (χ1n) is 6.62. The van der Waals surface area contributed by atoms with E-state index in [1.807, 2.05) is 23.9 Å². The predicted molar refractivity (Wildman–Crippen MR) is 79.4 cm³/mol. The van der Waals surface area contributed by atoms with Crippen molar-refractivity contribution in [1.82, 2.24) is 9.78 Å². The van der Waals surface area contributed by atoms with Gasteiger partial charge in [-0.25, -0.2) is 0 Å². The molecule has 6 heteroatoms. The van der Waals surface area contributed by atoms with E-state index in [1.165, 1.54) is 0 Å². The van der Waals surface area contributed by atoms with Crippen LogP contribution in [0.25, 0.3) is 0 Å². The summed E-state index contributed by atoms with van der Waals surface area (Å²) in [5.74, 6) is 1.33. The number of oxime groups is 1. The first-order chi connectivity index (χ1) is 10.2. The normalized spacial score (nSPS) is 11.5. The number of benzene rings is 1. The van der Waals surface area contributed by atoms with Crippen LogP contribution >= 0.6 is 0 Å². The summed E-state index contributed by atoms with van der Waals surface area (Å²) >= 11 is 0. The molecule has 0 unspecified atom stereocenters. The maximum atomic E-state index is 8.94. The molecule has 0 aliphatic rings. The van der Waals surface area contributed by atoms with E-state index in [1.54, 1.807) is 32.4 Å². The number of nitrogens with zero attached hydrogens (tertiary/aromatic N) is 3. The first kappa shape index (κ1) is 14.9. The van der Waals surface area contributed by atoms with E-state index < -0.39 is 0 Å². The maximum absolute atomic E-state index is 8.94. The Morgan fingerprint density at radius 3 is 2.81 bits per heavy atom. The summed E-state index contributed by atoms with van der Waals surface area (Å²) in [6, 6.07) is 7.36. The van der Waals surface area contributed by atoms with Crippen LogP contribution < -0.4 is 9.47 Å². The van der Waals surface area contributed by atoms with E-state index >= 15 is 0 Å². The third kappa shape index (κ3) is 3.53. The lowest BCUT2D eigenvalue weighted by Crippen LogP contribution is -2.08. The Morgan fingerprint density at radius 1 is 1.38 bits per heavy atom. The molecule has 0 saturated carbocycles. The van der Waals surface area contributed by atoms with E-state index in [4.69, 9.17) is 14.7 Å². The van der Waals surface area contributed by atoms with Gasteiger partial charge in [0.25, 0.3) is 0 Å². The molecule has 0 amide bonds. The minimum Gasteiger partial charge on any atom is -0.497 e. The highest BCUT2D eigenvalue weighted by Gasteiger charge is 2.10. The number of methoxy groups -OCH3 is 1. The summed E-state index contributed by atoms with van der Waals surface area (Å²) in [7, 11) is 3.50. The molecule has 0 fully saturated rings. The number of aromatic nitrogens is 2. The minimum atomic E-state index is 0.494. The summed E-state index contributed by atoms with van der Waals surface area (Å²) in [6.07, 6.45) is 2.50. The van der Waals surface area contributed by atoms with Crippen LogP contribution in [0.1, 0.15) is 18.2 Å². The number of rotatable bonds is 6. The van der Waals surface area contributed by atoms with Gasteiger partial charge in [0.05, 0.1) is 19.4 Å². The molecule has 0 atom stereocenters. The molecule has 0 saturated heterocycles. The summed E-state index contributed by atoms with van der Waals surface area (Å²) in [6.45, 7) is 2.22. The largest absolute Gasteiger partial charge is 0.497 e. The SMILES string of the molecule is COc1ccc(/C(C)=N/O)c(OCCc2ccnn2C)c1. The van der Waals surface area contributed by atoms with Crippen molar-refractivity contribution in [3.05, 3.63) is 41.7 Å². The fraction of sp³-hybridized carbons (Fsp3) is 0.333. The topological polar surface area (TPSA) is 68.9 Å². The Bertz CT molecular complexity index is 635. The average molecular weight is 289 g/mol. The van der Waals surface area contributed by atoms with E-state index in [0.29, 0.717) is 23.8 Å². The van der Waals surface area contributed by atoms with E-state index in [-0.39, 0.29) is 0 Å². The quantitative estimate of drug-likeness (QED) is 0.503. The molecule has 1 aromatic carbocycles. The third-order valence-corrected chi connectivity index (χ3v) is 3.27. The molecule has 0 radical (unpaired) electrons. The summed E-state index contributed by atoms with van der Waals surface area (Å²) in [5, 5.41) is 16.3. The molecule has 0 aliphatic carbocycles. The van der Waals surface area contributed by atoms with Gasteiger partial charge in [-0.15, -0.1) is 0 Å². The van der Waals surface area contributed by atoms with Crippen LogP contribution in [-0.4, -0.2) is 34.4 Å². The van der Waals surface area contributed by atoms with Crippen molar-refractivity contribution in [3.8, 4) is 11.5 Å². The standard InChI is InChI=1S/C15H19N3O3/c1-11(17-19)14-5-4-13(20-3)10-15(14)21-9-7-12-6-8-16-18(12)2/h4-6,8,10,19H,7,9H2,1-3H3/b17-11+. The molecule has 1 aromatic heterocycles. The van der Waals surface area contributed by atoms with Gasteiger partial charge in [0.2, 0.25) is 0 Å². The molecule has 1 N–H and O–H groups in total. The fourth-order valence-corrected chi connectivity index (χ4v) is 2.01. The molecule has 2 rings (SSSR count). The lowest BCUT2D eigenvalue weighted by Gasteiger charge is -2.12. The molecule has 0 spiro atoms. The van der Waals surface area contributed by atoms with Crippen molar-refractivity contribution in [1.29, 1.82) is 0 Å². The second-order valence-electron chi connectivity index (χ2n) is 4.59. The lowest BCUT2D eigenvalue weighted by atomic mass is 10.1. The highest BCUT2D eigenvalue weighted by atomic mass is 16.5. The zero-order valence-corrected chi connectivity index (χ0v) is 12.4. The van der Waals surface area contributed by atoms with E-state index in [2.05, 4.69) is 10.3 Å². The lowest BCUT2D eigenvalue weighted by molar-refractivity contribution is 0.310. The van der Waals surface area contributed by atoms with Crippen LogP contribution in [0.15, 0.2) is 35.6 Å². The van der Waals surface area contributed by atoms with Gasteiger partial charge in [-0.3, -0.25) is 4.68 Å². The van der Waals surface area contributed by atoms with Gasteiger partial charge in [0, 0.05) is 37.0 Å². The van der Waals surface area contributed by atoms with Gasteiger partial charge >= 0.3 is 0 Å². The average Bonchev–Trinajstić information content (AvgIpc) is 2.91. The Balaban J connectivity index is 2.12. The van der Waals surface area contributed by atoms with Crippen LogP contribution in [0.3, 0.4) is 0 Å². The monoisotopic (exact) mass is 289 g/mol. The molecule has 6 nitrogen and oxygen atoms in total. The first-order valence-corrected chi connectivity index (χ1v) is 6.62. The second-order valence-corrected chi connectivity index (χ2v) is 4.59. The molecule has 1 heterocycles. The number of ether oxygens (including phenoxy) is 2. The van der Waals surface area contributed by atoms with Gasteiger partial charge in [0.15, 0.2) is 0 Å². The van der Waals surface area contributed by atoms with Crippen LogP contribution in [0.2, 0.25) is 0 Å². The Labute approximate surface area is 123 Å². The zero-order valence-electron chi connectivity index (χ0n) is 12.4. The fourth-order valence-electron chi connectivity index (χ4n) is 2.01. The van der Waals surface area contributed by atoms with Crippen LogP contribution in [0, 0.1) is 0 Å². The van der Waals surface area contributed by atoms with Crippen molar-refractivity contribution in [2.24, 2.45) is 12.2 Å². The summed E-state index contributed by atoms with van der Waals surface area (Å²) < 4.78 is 12.8. The van der Waals surface area contributed by atoms with Crippen LogP contribution in [0.4, 0.5) is 0 Å². The van der Waals surface area contributed by atoms with Crippen molar-refractivity contribution in [2.45, 2.75) is 13.3 Å². The number of aryl methyl sites for hydroxylation is 1. The predicted octanol–water partition coefficient (Wildman–Crippen LogP) is 2.25. The van der Waals surface area contributed by atoms with Crippen molar-refractivity contribution < 1.29 is 14.7 Å². The molecule has 0 bridgehead atoms. The Hall–Kier alpha value is -2.50. The van der Waals surface area contributed by atoms with Crippen molar-refractivity contribution >= 4 is 5.71 Å². The van der Waals surface area contributed by atoms with E-state index in [9.17, 15) is 0 Å². The van der Waals surface area contributed by atoms with Crippen LogP contribution in [-0.2, 0) is 13.5 Å². The van der Waals surface area contributed by atoms with Gasteiger partial charge in [-0.2, -0.15) is 5.10 Å². The molecular weight excluding hydrogens is 270 g/mol. The number of hydrogen-bond donors (Lipinski definition) is 1. The van der Waals surface area contributed by atoms with Gasteiger partial charge < -0.3 is 14.7 Å². The summed E-state index contributed by atoms with van der Waals surface area (Å²) in [5.41, 5.74) is 2.32. The highest BCUT2D eigenvalue weighted by Crippen LogP contribution is 2.25. The second kappa shape index (κ2) is 6.78. The highest BCUT2D eigenvalue weighted by molar-refractivity contribution is 6.00. The Morgan fingerprint density at radius 2 is 2.19 bits per heavy atom. The molecule has 2 aromatic rings. The van der Waals surface area contributed by atoms with Gasteiger partial charge in [-0.05, 0) is 25.1 Å². The zero-order chi connectivity index (χ0) is 15.2. The van der Waals surface area contributed by atoms with Crippen molar-refractivity contribution in [3.63, 3.8) is 0 Å². The van der Waals surface area contributed by atoms with E-state index in [0.717, 1.165) is 17.7 Å². The molecule has 21 heavy (non-hydrogen) atoms. The molecular formula is C15H19N3O3. The summed E-state index contributed by atoms with van der Waals surface area (Å²) in [4.78, 5) is 0. The van der Waals surface area contributed by atoms with Gasteiger partial charge in [0.1, 0.15) is 11.5 Å². The van der Waals surface area contributed by atoms with Gasteiger partial charge in [-0.1, -0.05) is 5.16 Å². The third-order valence-electron chi connectivity index (χ3n) is 3.27. The Kier molecular flexibility index (Phi) is 4.81. The minimum absolute atomic E-state index is 0.494. The maximum Gasteiger partial charge on any atom is 0.132 e.